The van der Waals surface area contributed by atoms with Crippen LogP contribution in [-0.4, -0.2) is 62.8 Å². The SMILES string of the molecule is COc1ccc(CN2C(=O)NC(CCC(=O)NCC3CCOCC3)C2=O)cc1OC. The van der Waals surface area contributed by atoms with Gasteiger partial charge < -0.3 is 24.8 Å². The highest BCUT2D eigenvalue weighted by molar-refractivity contribution is 6.04. The Balaban J connectivity index is 1.49. The molecule has 2 N–H and O–H groups in total. The van der Waals surface area contributed by atoms with E-state index < -0.39 is 12.1 Å². The number of ether oxygens (including phenoxy) is 3. The average Bonchev–Trinajstić information content (AvgIpc) is 3.04. The van der Waals surface area contributed by atoms with Crippen LogP contribution in [0.15, 0.2) is 18.2 Å². The summed E-state index contributed by atoms with van der Waals surface area (Å²) in [4.78, 5) is 38.2. The number of hydrogen-bond acceptors (Lipinski definition) is 6. The maximum Gasteiger partial charge on any atom is 0.325 e. The maximum atomic E-state index is 12.7. The van der Waals surface area contributed by atoms with Crippen LogP contribution in [0.25, 0.3) is 0 Å². The molecule has 9 nitrogen and oxygen atoms in total. The minimum Gasteiger partial charge on any atom is -0.493 e. The van der Waals surface area contributed by atoms with E-state index in [1.54, 1.807) is 25.3 Å². The largest absolute Gasteiger partial charge is 0.493 e. The molecule has 1 aromatic carbocycles. The molecule has 2 fully saturated rings. The van der Waals surface area contributed by atoms with E-state index in [2.05, 4.69) is 10.6 Å². The minimum absolute atomic E-state index is 0.109. The summed E-state index contributed by atoms with van der Waals surface area (Å²) in [6, 6.07) is 4.09. The third-order valence-corrected chi connectivity index (χ3v) is 5.48. The van der Waals surface area contributed by atoms with Crippen molar-refractivity contribution in [1.29, 1.82) is 0 Å². The third kappa shape index (κ3) is 5.41. The monoisotopic (exact) mass is 419 g/mol. The molecule has 164 valence electrons. The Morgan fingerprint density at radius 3 is 2.63 bits per heavy atom. The first kappa shape index (κ1) is 21.9. The Morgan fingerprint density at radius 1 is 1.20 bits per heavy atom. The molecular formula is C21H29N3O6. The number of hydrogen-bond donors (Lipinski definition) is 2. The van der Waals surface area contributed by atoms with Gasteiger partial charge in [0.1, 0.15) is 6.04 Å². The molecule has 1 aromatic rings. The van der Waals surface area contributed by atoms with Crippen molar-refractivity contribution in [2.75, 3.05) is 34.0 Å². The first-order valence-electron chi connectivity index (χ1n) is 10.2. The van der Waals surface area contributed by atoms with Crippen molar-refractivity contribution in [2.24, 2.45) is 5.92 Å². The molecule has 0 bridgehead atoms. The van der Waals surface area contributed by atoms with E-state index in [0.717, 1.165) is 36.5 Å². The molecule has 0 saturated carbocycles. The smallest absolute Gasteiger partial charge is 0.325 e. The summed E-state index contributed by atoms with van der Waals surface area (Å²) in [6.07, 6.45) is 2.35. The summed E-state index contributed by atoms with van der Waals surface area (Å²) in [5, 5.41) is 5.59. The Hall–Kier alpha value is -2.81. The molecule has 3 rings (SSSR count). The molecule has 2 heterocycles. The van der Waals surface area contributed by atoms with E-state index >= 15 is 0 Å². The van der Waals surface area contributed by atoms with Gasteiger partial charge in [-0.2, -0.15) is 0 Å². The summed E-state index contributed by atoms with van der Waals surface area (Å²) in [5.74, 6) is 1.10. The zero-order valence-corrected chi connectivity index (χ0v) is 17.4. The van der Waals surface area contributed by atoms with Gasteiger partial charge in [-0.15, -0.1) is 0 Å². The van der Waals surface area contributed by atoms with Crippen LogP contribution in [0.2, 0.25) is 0 Å². The summed E-state index contributed by atoms with van der Waals surface area (Å²) >= 11 is 0. The Morgan fingerprint density at radius 2 is 1.93 bits per heavy atom. The van der Waals surface area contributed by atoms with E-state index in [4.69, 9.17) is 14.2 Å². The number of amides is 4. The van der Waals surface area contributed by atoms with Crippen molar-refractivity contribution in [2.45, 2.75) is 38.3 Å². The highest BCUT2D eigenvalue weighted by Crippen LogP contribution is 2.28. The van der Waals surface area contributed by atoms with Gasteiger partial charge in [0.15, 0.2) is 11.5 Å². The molecule has 2 aliphatic rings. The van der Waals surface area contributed by atoms with Crippen molar-refractivity contribution in [3.63, 3.8) is 0 Å². The molecule has 2 saturated heterocycles. The first-order chi connectivity index (χ1) is 14.5. The summed E-state index contributed by atoms with van der Waals surface area (Å²) in [7, 11) is 3.07. The Kier molecular flexibility index (Phi) is 7.51. The van der Waals surface area contributed by atoms with E-state index in [9.17, 15) is 14.4 Å². The molecule has 9 heteroatoms. The molecule has 4 amide bonds. The Bertz CT molecular complexity index is 778. The van der Waals surface area contributed by atoms with Gasteiger partial charge in [0.05, 0.1) is 20.8 Å². The molecule has 30 heavy (non-hydrogen) atoms. The molecule has 0 aliphatic carbocycles. The van der Waals surface area contributed by atoms with Gasteiger partial charge in [-0.1, -0.05) is 6.07 Å². The molecule has 0 aromatic heterocycles. The van der Waals surface area contributed by atoms with Crippen molar-refractivity contribution in [1.82, 2.24) is 15.5 Å². The van der Waals surface area contributed by atoms with Crippen LogP contribution in [0.1, 0.15) is 31.2 Å². The average molecular weight is 419 g/mol. The van der Waals surface area contributed by atoms with Gasteiger partial charge in [-0.3, -0.25) is 14.5 Å². The number of methoxy groups -OCH3 is 2. The van der Waals surface area contributed by atoms with E-state index in [-0.39, 0.29) is 31.2 Å². The standard InChI is InChI=1S/C21H29N3O6/c1-28-17-5-3-15(11-18(17)29-2)13-24-20(26)16(23-21(24)27)4-6-19(25)22-12-14-7-9-30-10-8-14/h3,5,11,14,16H,4,6-10,12-13H2,1-2H3,(H,22,25)(H,23,27). The quantitative estimate of drug-likeness (QED) is 0.587. The second-order valence-corrected chi connectivity index (χ2v) is 7.51. The molecular weight excluding hydrogens is 390 g/mol. The van der Waals surface area contributed by atoms with Gasteiger partial charge >= 0.3 is 6.03 Å². The zero-order valence-electron chi connectivity index (χ0n) is 17.4. The summed E-state index contributed by atoms with van der Waals surface area (Å²) < 4.78 is 15.8. The number of nitrogens with zero attached hydrogens (tertiary/aromatic N) is 1. The molecule has 1 unspecified atom stereocenters. The number of carbonyl (C=O) groups excluding carboxylic acids is 3. The van der Waals surface area contributed by atoms with Gasteiger partial charge in [-0.25, -0.2) is 4.79 Å². The van der Waals surface area contributed by atoms with Crippen molar-refractivity contribution in [3.05, 3.63) is 23.8 Å². The van der Waals surface area contributed by atoms with Crippen molar-refractivity contribution in [3.8, 4) is 11.5 Å². The second kappa shape index (κ2) is 10.3. The predicted octanol–water partition coefficient (Wildman–Crippen LogP) is 1.45. The van der Waals surface area contributed by atoms with Crippen LogP contribution in [0.5, 0.6) is 11.5 Å². The summed E-state index contributed by atoms with van der Waals surface area (Å²) in [6.45, 7) is 2.22. The van der Waals surface area contributed by atoms with Crippen molar-refractivity contribution >= 4 is 17.8 Å². The number of rotatable bonds is 9. The van der Waals surface area contributed by atoms with Crippen LogP contribution < -0.4 is 20.1 Å². The molecule has 0 spiro atoms. The topological polar surface area (TPSA) is 106 Å². The number of carbonyl (C=O) groups is 3. The number of nitrogens with one attached hydrogen (secondary N) is 2. The van der Waals surface area contributed by atoms with Crippen LogP contribution in [-0.2, 0) is 20.9 Å². The fraction of sp³-hybridized carbons (Fsp3) is 0.571. The predicted molar refractivity (Wildman–Crippen MR) is 108 cm³/mol. The van der Waals surface area contributed by atoms with Gasteiger partial charge in [0.2, 0.25) is 5.91 Å². The lowest BCUT2D eigenvalue weighted by Gasteiger charge is -2.22. The summed E-state index contributed by atoms with van der Waals surface area (Å²) in [5.41, 5.74) is 0.742. The molecule has 2 aliphatic heterocycles. The number of imide groups is 1. The van der Waals surface area contributed by atoms with E-state index in [0.29, 0.717) is 24.0 Å². The number of urea groups is 1. The second-order valence-electron chi connectivity index (χ2n) is 7.51. The lowest BCUT2D eigenvalue weighted by atomic mass is 10.0. The van der Waals surface area contributed by atoms with E-state index in [1.165, 1.54) is 7.11 Å². The third-order valence-electron chi connectivity index (χ3n) is 5.48. The van der Waals surface area contributed by atoms with Crippen LogP contribution in [0.3, 0.4) is 0 Å². The van der Waals surface area contributed by atoms with E-state index in [1.807, 2.05) is 0 Å². The molecule has 1 atom stereocenters. The van der Waals surface area contributed by atoms with Crippen LogP contribution in [0.4, 0.5) is 4.79 Å². The van der Waals surface area contributed by atoms with Crippen LogP contribution >= 0.6 is 0 Å². The van der Waals surface area contributed by atoms with Crippen LogP contribution in [0, 0.1) is 5.92 Å². The fourth-order valence-corrected chi connectivity index (χ4v) is 3.66. The number of benzene rings is 1. The highest BCUT2D eigenvalue weighted by atomic mass is 16.5. The maximum absolute atomic E-state index is 12.7. The fourth-order valence-electron chi connectivity index (χ4n) is 3.66. The normalized spacial score (nSPS) is 19.5. The lowest BCUT2D eigenvalue weighted by Crippen LogP contribution is -2.35. The minimum atomic E-state index is -0.688. The van der Waals surface area contributed by atoms with Gasteiger partial charge in [0.25, 0.3) is 5.91 Å². The highest BCUT2D eigenvalue weighted by Gasteiger charge is 2.37. The molecule has 0 radical (unpaired) electrons. The van der Waals surface area contributed by atoms with Gasteiger partial charge in [-0.05, 0) is 42.9 Å². The van der Waals surface area contributed by atoms with Gasteiger partial charge in [0, 0.05) is 26.2 Å². The van der Waals surface area contributed by atoms with Crippen molar-refractivity contribution < 1.29 is 28.6 Å². The first-order valence-corrected chi connectivity index (χ1v) is 10.2. The Labute approximate surface area is 176 Å². The zero-order chi connectivity index (χ0) is 21.5. The lowest BCUT2D eigenvalue weighted by molar-refractivity contribution is -0.128.